The van der Waals surface area contributed by atoms with Gasteiger partial charge in [0, 0.05) is 5.69 Å². The Balaban J connectivity index is 2.19. The van der Waals surface area contributed by atoms with Gasteiger partial charge in [-0.15, -0.1) is 0 Å². The summed E-state index contributed by atoms with van der Waals surface area (Å²) in [6.07, 6.45) is -2.67. The van der Waals surface area contributed by atoms with Crippen molar-refractivity contribution in [3.8, 4) is 0 Å². The number of aliphatic hydroxyl groups excluding tert-OH is 1. The van der Waals surface area contributed by atoms with Crippen molar-refractivity contribution in [2.24, 2.45) is 0 Å². The molecule has 1 aliphatic carbocycles. The Kier molecular flexibility index (Phi) is 3.73. The van der Waals surface area contributed by atoms with Crippen LogP contribution in [0.3, 0.4) is 0 Å². The van der Waals surface area contributed by atoms with E-state index < -0.39 is 17.8 Å². The van der Waals surface area contributed by atoms with Crippen molar-refractivity contribution in [2.75, 3.05) is 5.32 Å². The van der Waals surface area contributed by atoms with Gasteiger partial charge in [0.05, 0.1) is 22.7 Å². The fraction of sp³-hybridized carbons (Fsp3) is 0.500. The predicted molar refractivity (Wildman–Crippen MR) is 63.7 cm³/mol. The van der Waals surface area contributed by atoms with Gasteiger partial charge in [-0.3, -0.25) is 0 Å². The lowest BCUT2D eigenvalue weighted by atomic mass is 10.1. The van der Waals surface area contributed by atoms with Gasteiger partial charge < -0.3 is 10.4 Å². The van der Waals surface area contributed by atoms with Gasteiger partial charge in [-0.05, 0) is 37.5 Å². The largest absolute Gasteiger partial charge is 0.417 e. The van der Waals surface area contributed by atoms with Crippen molar-refractivity contribution < 1.29 is 18.3 Å². The first-order chi connectivity index (χ1) is 8.38. The summed E-state index contributed by atoms with van der Waals surface area (Å²) in [5, 5.41) is 12.2. The van der Waals surface area contributed by atoms with E-state index in [1.54, 1.807) is 0 Å². The highest BCUT2D eigenvalue weighted by Crippen LogP contribution is 2.36. The molecular weight excluding hydrogens is 267 g/mol. The molecule has 0 heterocycles. The lowest BCUT2D eigenvalue weighted by molar-refractivity contribution is -0.137. The summed E-state index contributed by atoms with van der Waals surface area (Å²) in [7, 11) is 0. The van der Waals surface area contributed by atoms with E-state index in [2.05, 4.69) is 5.32 Å². The number of alkyl halides is 3. The summed E-state index contributed by atoms with van der Waals surface area (Å²) in [5.41, 5.74) is -0.528. The van der Waals surface area contributed by atoms with E-state index in [-0.39, 0.29) is 11.1 Å². The van der Waals surface area contributed by atoms with Crippen LogP contribution in [0.25, 0.3) is 0 Å². The molecule has 2 rings (SSSR count). The fourth-order valence-electron chi connectivity index (χ4n) is 2.16. The average molecular weight is 280 g/mol. The first kappa shape index (κ1) is 13.5. The molecule has 0 saturated heterocycles. The van der Waals surface area contributed by atoms with E-state index in [1.165, 1.54) is 12.1 Å². The van der Waals surface area contributed by atoms with Crippen LogP contribution in [0.5, 0.6) is 0 Å². The van der Waals surface area contributed by atoms with Crippen molar-refractivity contribution in [3.63, 3.8) is 0 Å². The Morgan fingerprint density at radius 1 is 1.28 bits per heavy atom. The van der Waals surface area contributed by atoms with Crippen molar-refractivity contribution in [1.29, 1.82) is 0 Å². The molecule has 100 valence electrons. The zero-order valence-corrected chi connectivity index (χ0v) is 10.2. The normalized spacial score (nSPS) is 24.3. The van der Waals surface area contributed by atoms with Gasteiger partial charge in [0.2, 0.25) is 0 Å². The molecule has 1 aromatic carbocycles. The van der Waals surface area contributed by atoms with Crippen molar-refractivity contribution in [2.45, 2.75) is 37.6 Å². The van der Waals surface area contributed by atoms with Crippen LogP contribution in [0.15, 0.2) is 18.2 Å². The smallest absolute Gasteiger partial charge is 0.391 e. The van der Waals surface area contributed by atoms with Gasteiger partial charge >= 0.3 is 6.18 Å². The number of nitrogens with one attached hydrogen (secondary N) is 1. The van der Waals surface area contributed by atoms with Crippen LogP contribution in [-0.2, 0) is 6.18 Å². The Morgan fingerprint density at radius 2 is 2.00 bits per heavy atom. The molecule has 1 aromatic rings. The standard InChI is InChI=1S/C12H13ClF3NO/c13-9-5-4-7(6-8(9)12(14,15)16)17-10-2-1-3-11(10)18/h4-6,10-11,17-18H,1-3H2. The summed E-state index contributed by atoms with van der Waals surface area (Å²) in [4.78, 5) is 0. The van der Waals surface area contributed by atoms with E-state index in [0.29, 0.717) is 12.1 Å². The SMILES string of the molecule is OC1CCCC1Nc1ccc(Cl)c(C(F)(F)F)c1. The lowest BCUT2D eigenvalue weighted by Gasteiger charge is -2.19. The van der Waals surface area contributed by atoms with Crippen LogP contribution < -0.4 is 5.32 Å². The number of anilines is 1. The van der Waals surface area contributed by atoms with E-state index >= 15 is 0 Å². The molecule has 18 heavy (non-hydrogen) atoms. The van der Waals surface area contributed by atoms with E-state index in [4.69, 9.17) is 11.6 Å². The monoisotopic (exact) mass is 279 g/mol. The molecule has 6 heteroatoms. The van der Waals surface area contributed by atoms with Crippen LogP contribution >= 0.6 is 11.6 Å². The predicted octanol–water partition coefficient (Wildman–Crippen LogP) is 3.68. The summed E-state index contributed by atoms with van der Waals surface area (Å²) in [6, 6.07) is 3.50. The Morgan fingerprint density at radius 3 is 2.56 bits per heavy atom. The summed E-state index contributed by atoms with van der Waals surface area (Å²) >= 11 is 5.53. The molecule has 0 bridgehead atoms. The number of halogens is 4. The van der Waals surface area contributed by atoms with Gasteiger partial charge in [-0.2, -0.15) is 13.2 Å². The number of benzene rings is 1. The summed E-state index contributed by atoms with van der Waals surface area (Å²) < 4.78 is 38.0. The summed E-state index contributed by atoms with van der Waals surface area (Å²) in [5.74, 6) is 0. The zero-order chi connectivity index (χ0) is 13.3. The molecule has 1 aliphatic rings. The second-order valence-electron chi connectivity index (χ2n) is 4.44. The quantitative estimate of drug-likeness (QED) is 0.865. The van der Waals surface area contributed by atoms with Crippen LogP contribution in [0, 0.1) is 0 Å². The van der Waals surface area contributed by atoms with Crippen molar-refractivity contribution >= 4 is 17.3 Å². The maximum atomic E-state index is 12.7. The molecule has 1 fully saturated rings. The molecule has 0 aromatic heterocycles. The average Bonchev–Trinajstić information content (AvgIpc) is 2.66. The topological polar surface area (TPSA) is 32.3 Å². The Labute approximate surface area is 108 Å². The number of rotatable bonds is 2. The molecule has 2 atom stereocenters. The molecule has 0 radical (unpaired) electrons. The molecule has 0 amide bonds. The molecule has 0 spiro atoms. The first-order valence-corrected chi connectivity index (χ1v) is 6.07. The third-order valence-corrected chi connectivity index (χ3v) is 3.43. The van der Waals surface area contributed by atoms with Gasteiger partial charge in [0.1, 0.15) is 0 Å². The second kappa shape index (κ2) is 4.97. The highest BCUT2D eigenvalue weighted by Gasteiger charge is 2.34. The van der Waals surface area contributed by atoms with Crippen molar-refractivity contribution in [1.82, 2.24) is 0 Å². The Hall–Kier alpha value is -0.940. The highest BCUT2D eigenvalue weighted by atomic mass is 35.5. The minimum absolute atomic E-state index is 0.188. The van der Waals surface area contributed by atoms with Crippen LogP contribution in [0.4, 0.5) is 18.9 Å². The van der Waals surface area contributed by atoms with E-state index in [1.807, 2.05) is 0 Å². The maximum Gasteiger partial charge on any atom is 0.417 e. The van der Waals surface area contributed by atoms with Crippen molar-refractivity contribution in [3.05, 3.63) is 28.8 Å². The fourth-order valence-corrected chi connectivity index (χ4v) is 2.38. The molecule has 2 nitrogen and oxygen atoms in total. The zero-order valence-electron chi connectivity index (χ0n) is 9.47. The molecular formula is C12H13ClF3NO. The highest BCUT2D eigenvalue weighted by molar-refractivity contribution is 6.31. The van der Waals surface area contributed by atoms with Gasteiger partial charge in [0.15, 0.2) is 0 Å². The maximum absolute atomic E-state index is 12.7. The second-order valence-corrected chi connectivity index (χ2v) is 4.85. The van der Waals surface area contributed by atoms with E-state index in [0.717, 1.165) is 18.9 Å². The molecule has 0 aliphatic heterocycles. The molecule has 2 unspecified atom stereocenters. The number of aliphatic hydroxyl groups is 1. The minimum atomic E-state index is -4.47. The van der Waals surface area contributed by atoms with Gasteiger partial charge in [-0.25, -0.2) is 0 Å². The van der Waals surface area contributed by atoms with Gasteiger partial charge in [-0.1, -0.05) is 11.6 Å². The lowest BCUT2D eigenvalue weighted by Crippen LogP contribution is -2.28. The van der Waals surface area contributed by atoms with Crippen LogP contribution in [0.1, 0.15) is 24.8 Å². The van der Waals surface area contributed by atoms with Gasteiger partial charge in [0.25, 0.3) is 0 Å². The van der Waals surface area contributed by atoms with Crippen LogP contribution in [-0.4, -0.2) is 17.3 Å². The minimum Gasteiger partial charge on any atom is -0.391 e. The third kappa shape index (κ3) is 2.90. The van der Waals surface area contributed by atoms with Crippen LogP contribution in [0.2, 0.25) is 5.02 Å². The Bertz CT molecular complexity index is 436. The first-order valence-electron chi connectivity index (χ1n) is 5.69. The van der Waals surface area contributed by atoms with E-state index in [9.17, 15) is 18.3 Å². The molecule has 2 N–H and O–H groups in total. The number of hydrogen-bond donors (Lipinski definition) is 2. The number of hydrogen-bond acceptors (Lipinski definition) is 2. The summed E-state index contributed by atoms with van der Waals surface area (Å²) in [6.45, 7) is 0. The molecule has 1 saturated carbocycles. The third-order valence-electron chi connectivity index (χ3n) is 3.10.